The molecule has 1 aromatic carbocycles. The molecule has 0 spiro atoms. The maximum Gasteiger partial charge on any atom is 0.140 e. The van der Waals surface area contributed by atoms with E-state index < -0.39 is 0 Å². The maximum atomic E-state index is 4.99. The SMILES string of the molecule is CCCCc1nc(-c2c(C)cc(Br)cc2C)n(C)c1CC. The monoisotopic (exact) mass is 348 g/mol. The Balaban J connectivity index is 2.57. The van der Waals surface area contributed by atoms with Crippen molar-refractivity contribution >= 4 is 15.9 Å². The summed E-state index contributed by atoms with van der Waals surface area (Å²) in [6, 6.07) is 4.35. The molecule has 3 heteroatoms. The lowest BCUT2D eigenvalue weighted by Crippen LogP contribution is -2.01. The van der Waals surface area contributed by atoms with E-state index >= 15 is 0 Å². The van der Waals surface area contributed by atoms with Crippen LogP contribution in [0.15, 0.2) is 16.6 Å². The van der Waals surface area contributed by atoms with Crippen molar-refractivity contribution in [2.75, 3.05) is 0 Å². The van der Waals surface area contributed by atoms with Crippen LogP contribution in [0.25, 0.3) is 11.4 Å². The molecule has 21 heavy (non-hydrogen) atoms. The molecule has 0 radical (unpaired) electrons. The molecule has 0 N–H and O–H groups in total. The number of imidazole rings is 1. The Morgan fingerprint density at radius 1 is 1.14 bits per heavy atom. The van der Waals surface area contributed by atoms with Crippen LogP contribution < -0.4 is 0 Å². The van der Waals surface area contributed by atoms with Crippen LogP contribution in [-0.4, -0.2) is 9.55 Å². The standard InChI is InChI=1S/C18H25BrN2/c1-6-8-9-15-16(7-2)21(5)18(20-15)17-12(3)10-14(19)11-13(17)4/h10-11H,6-9H2,1-5H3. The van der Waals surface area contributed by atoms with Crippen molar-refractivity contribution in [3.05, 3.63) is 39.1 Å². The number of hydrogen-bond acceptors (Lipinski definition) is 1. The predicted octanol–water partition coefficient (Wildman–Crippen LogP) is 5.37. The molecule has 0 amide bonds. The molecule has 0 unspecified atom stereocenters. The normalized spacial score (nSPS) is 11.1. The third kappa shape index (κ3) is 3.23. The maximum absolute atomic E-state index is 4.99. The Labute approximate surface area is 136 Å². The molecular formula is C18H25BrN2. The first-order valence-corrected chi connectivity index (χ1v) is 8.60. The fourth-order valence-corrected chi connectivity index (χ4v) is 3.75. The number of aromatic nitrogens is 2. The third-order valence-electron chi connectivity index (χ3n) is 4.12. The van der Waals surface area contributed by atoms with Crippen molar-refractivity contribution in [3.63, 3.8) is 0 Å². The number of halogens is 1. The van der Waals surface area contributed by atoms with Crippen LogP contribution in [0.4, 0.5) is 0 Å². The van der Waals surface area contributed by atoms with Crippen molar-refractivity contribution in [1.29, 1.82) is 0 Å². The van der Waals surface area contributed by atoms with E-state index in [4.69, 9.17) is 4.98 Å². The van der Waals surface area contributed by atoms with Crippen LogP contribution >= 0.6 is 15.9 Å². The molecule has 0 bridgehead atoms. The van der Waals surface area contributed by atoms with E-state index in [1.54, 1.807) is 0 Å². The summed E-state index contributed by atoms with van der Waals surface area (Å²) < 4.78 is 3.42. The molecule has 0 saturated heterocycles. The Bertz CT molecular complexity index is 618. The lowest BCUT2D eigenvalue weighted by Gasteiger charge is -2.11. The highest BCUT2D eigenvalue weighted by Gasteiger charge is 2.17. The molecule has 1 aromatic heterocycles. The molecule has 0 aliphatic rings. The van der Waals surface area contributed by atoms with E-state index in [1.165, 1.54) is 40.9 Å². The average molecular weight is 349 g/mol. The number of hydrogen-bond donors (Lipinski definition) is 0. The van der Waals surface area contributed by atoms with Gasteiger partial charge < -0.3 is 4.57 Å². The van der Waals surface area contributed by atoms with Gasteiger partial charge in [0, 0.05) is 22.8 Å². The van der Waals surface area contributed by atoms with Crippen LogP contribution in [0.3, 0.4) is 0 Å². The zero-order valence-electron chi connectivity index (χ0n) is 13.8. The lowest BCUT2D eigenvalue weighted by molar-refractivity contribution is 0.760. The molecule has 1 heterocycles. The van der Waals surface area contributed by atoms with Crippen LogP contribution in [-0.2, 0) is 19.9 Å². The number of nitrogens with zero attached hydrogens (tertiary/aromatic N) is 2. The Morgan fingerprint density at radius 3 is 2.29 bits per heavy atom. The first-order valence-electron chi connectivity index (χ1n) is 7.81. The van der Waals surface area contributed by atoms with E-state index in [1.807, 2.05) is 0 Å². The topological polar surface area (TPSA) is 17.8 Å². The third-order valence-corrected chi connectivity index (χ3v) is 4.58. The van der Waals surface area contributed by atoms with Gasteiger partial charge in [0.1, 0.15) is 5.82 Å². The van der Waals surface area contributed by atoms with Crippen LogP contribution in [0.1, 0.15) is 49.2 Å². The summed E-state index contributed by atoms with van der Waals surface area (Å²) in [5.41, 5.74) is 6.48. The zero-order valence-corrected chi connectivity index (χ0v) is 15.3. The van der Waals surface area contributed by atoms with Gasteiger partial charge in [-0.2, -0.15) is 0 Å². The van der Waals surface area contributed by atoms with Gasteiger partial charge >= 0.3 is 0 Å². The minimum Gasteiger partial charge on any atom is -0.331 e. The largest absolute Gasteiger partial charge is 0.331 e. The molecular weight excluding hydrogens is 324 g/mol. The molecule has 114 valence electrons. The van der Waals surface area contributed by atoms with Gasteiger partial charge in [-0.05, 0) is 56.4 Å². The summed E-state index contributed by atoms with van der Waals surface area (Å²) in [6.45, 7) is 8.79. The Kier molecular flexibility index (Phi) is 5.26. The predicted molar refractivity (Wildman–Crippen MR) is 93.8 cm³/mol. The summed E-state index contributed by atoms with van der Waals surface area (Å²) in [5, 5.41) is 0. The van der Waals surface area contributed by atoms with Crippen molar-refractivity contribution in [1.82, 2.24) is 9.55 Å². The molecule has 0 aliphatic carbocycles. The second-order valence-electron chi connectivity index (χ2n) is 5.76. The summed E-state index contributed by atoms with van der Waals surface area (Å²) in [7, 11) is 2.15. The minimum absolute atomic E-state index is 1.04. The van der Waals surface area contributed by atoms with Gasteiger partial charge in [0.2, 0.25) is 0 Å². The van der Waals surface area contributed by atoms with Gasteiger partial charge in [-0.3, -0.25) is 0 Å². The highest BCUT2D eigenvalue weighted by molar-refractivity contribution is 9.10. The second kappa shape index (κ2) is 6.78. The van der Waals surface area contributed by atoms with Crippen molar-refractivity contribution in [2.24, 2.45) is 7.05 Å². The zero-order chi connectivity index (χ0) is 15.6. The highest BCUT2D eigenvalue weighted by Crippen LogP contribution is 2.31. The molecule has 2 rings (SSSR count). The molecule has 0 aliphatic heterocycles. The molecule has 0 saturated carbocycles. The number of rotatable bonds is 5. The van der Waals surface area contributed by atoms with E-state index in [2.05, 4.69) is 67.4 Å². The molecule has 2 nitrogen and oxygen atoms in total. The van der Waals surface area contributed by atoms with Crippen LogP contribution in [0, 0.1) is 13.8 Å². The van der Waals surface area contributed by atoms with Gasteiger partial charge in [0.05, 0.1) is 5.69 Å². The summed E-state index contributed by atoms with van der Waals surface area (Å²) >= 11 is 3.58. The second-order valence-corrected chi connectivity index (χ2v) is 6.68. The van der Waals surface area contributed by atoms with E-state index in [9.17, 15) is 0 Å². The molecule has 2 aromatic rings. The van der Waals surface area contributed by atoms with Crippen LogP contribution in [0.2, 0.25) is 0 Å². The van der Waals surface area contributed by atoms with E-state index in [0.717, 1.165) is 23.1 Å². The highest BCUT2D eigenvalue weighted by atomic mass is 79.9. The Hall–Kier alpha value is -1.09. The average Bonchev–Trinajstić information content (AvgIpc) is 2.72. The first-order chi connectivity index (χ1) is 9.99. The van der Waals surface area contributed by atoms with Gasteiger partial charge in [-0.25, -0.2) is 4.98 Å². The van der Waals surface area contributed by atoms with Crippen LogP contribution in [0.5, 0.6) is 0 Å². The number of unbranched alkanes of at least 4 members (excludes halogenated alkanes) is 1. The summed E-state index contributed by atoms with van der Waals surface area (Å²) in [5.74, 6) is 1.11. The molecule has 0 atom stereocenters. The fourth-order valence-electron chi connectivity index (χ4n) is 3.06. The lowest BCUT2D eigenvalue weighted by atomic mass is 10.0. The van der Waals surface area contributed by atoms with Gasteiger partial charge in [0.15, 0.2) is 0 Å². The smallest absolute Gasteiger partial charge is 0.140 e. The number of benzene rings is 1. The fraction of sp³-hybridized carbons (Fsp3) is 0.500. The van der Waals surface area contributed by atoms with E-state index in [0.29, 0.717) is 0 Å². The van der Waals surface area contributed by atoms with Crippen molar-refractivity contribution in [2.45, 2.75) is 53.4 Å². The van der Waals surface area contributed by atoms with Gasteiger partial charge in [-0.15, -0.1) is 0 Å². The summed E-state index contributed by atoms with van der Waals surface area (Å²) in [6.07, 6.45) is 4.55. The first kappa shape index (κ1) is 16.3. The Morgan fingerprint density at radius 2 is 1.76 bits per heavy atom. The van der Waals surface area contributed by atoms with Gasteiger partial charge in [0.25, 0.3) is 0 Å². The van der Waals surface area contributed by atoms with E-state index in [-0.39, 0.29) is 0 Å². The van der Waals surface area contributed by atoms with Crippen molar-refractivity contribution < 1.29 is 0 Å². The van der Waals surface area contributed by atoms with Crippen molar-refractivity contribution in [3.8, 4) is 11.4 Å². The summed E-state index contributed by atoms with van der Waals surface area (Å²) in [4.78, 5) is 4.99. The quantitative estimate of drug-likeness (QED) is 0.709. The molecule has 0 fully saturated rings. The van der Waals surface area contributed by atoms with Gasteiger partial charge in [-0.1, -0.05) is 36.2 Å². The minimum atomic E-state index is 1.04. The number of aryl methyl sites for hydroxylation is 3.